The molecule has 2 aromatic heterocycles. The van der Waals surface area contributed by atoms with Crippen LogP contribution in [0.4, 0.5) is 10.1 Å². The maximum absolute atomic E-state index is 13.2. The van der Waals surface area contributed by atoms with Crippen LogP contribution >= 0.6 is 0 Å². The van der Waals surface area contributed by atoms with Crippen molar-refractivity contribution in [1.29, 1.82) is 0 Å². The fourth-order valence-electron chi connectivity index (χ4n) is 2.89. The van der Waals surface area contributed by atoms with Gasteiger partial charge in [-0.3, -0.25) is 14.5 Å². The van der Waals surface area contributed by atoms with Crippen molar-refractivity contribution in [3.8, 4) is 0 Å². The summed E-state index contributed by atoms with van der Waals surface area (Å²) < 4.78 is 38.2. The largest absolute Gasteiger partial charge is 0.319 e. The zero-order chi connectivity index (χ0) is 17.5. The van der Waals surface area contributed by atoms with Gasteiger partial charge in [0.2, 0.25) is 0 Å². The fourth-order valence-corrected chi connectivity index (χ4v) is 4.58. The number of sulfone groups is 1. The van der Waals surface area contributed by atoms with Gasteiger partial charge in [0.25, 0.3) is 5.91 Å². The van der Waals surface area contributed by atoms with Crippen molar-refractivity contribution in [3.05, 3.63) is 41.2 Å². The number of aryl methyl sites for hydroxylation is 1. The highest BCUT2D eigenvalue weighted by Gasteiger charge is 2.31. The van der Waals surface area contributed by atoms with Gasteiger partial charge >= 0.3 is 0 Å². The first kappa shape index (κ1) is 16.6. The molecule has 1 unspecified atom stereocenters. The van der Waals surface area contributed by atoms with E-state index in [4.69, 9.17) is 0 Å². The van der Waals surface area contributed by atoms with Crippen LogP contribution < -0.4 is 5.32 Å². The van der Waals surface area contributed by atoms with Crippen molar-refractivity contribution < 1.29 is 17.6 Å². The molecule has 1 N–H and O–H groups in total. The number of pyridine rings is 1. The Balaban J connectivity index is 1.86. The van der Waals surface area contributed by atoms with E-state index < -0.39 is 21.6 Å². The molecule has 7 nitrogen and oxygen atoms in total. The van der Waals surface area contributed by atoms with Gasteiger partial charge in [-0.15, -0.1) is 0 Å². The van der Waals surface area contributed by atoms with E-state index in [1.165, 1.54) is 6.20 Å². The molecule has 0 radical (unpaired) electrons. The standard InChI is InChI=1S/C15H17FN4O3S/c1-9-14(18-15(21)11-5-12(16)7-17-6-11)10(2)20(19-9)13-3-4-24(22,23)8-13/h5-7,13H,3-4,8H2,1-2H3,(H,18,21). The Labute approximate surface area is 138 Å². The van der Waals surface area contributed by atoms with Gasteiger partial charge in [-0.25, -0.2) is 12.8 Å². The summed E-state index contributed by atoms with van der Waals surface area (Å²) >= 11 is 0. The molecule has 0 aromatic carbocycles. The highest BCUT2D eigenvalue weighted by atomic mass is 32.2. The number of hydrogen-bond donors (Lipinski definition) is 1. The van der Waals surface area contributed by atoms with Crippen LogP contribution in [0.1, 0.15) is 34.2 Å². The molecule has 1 aliphatic rings. The Bertz CT molecular complexity index is 907. The summed E-state index contributed by atoms with van der Waals surface area (Å²) in [5.74, 6) is -0.891. The molecule has 128 valence electrons. The molecule has 0 spiro atoms. The molecule has 3 heterocycles. The van der Waals surface area contributed by atoms with E-state index in [1.807, 2.05) is 0 Å². The second kappa shape index (κ2) is 5.97. The SMILES string of the molecule is Cc1nn(C2CCS(=O)(=O)C2)c(C)c1NC(=O)c1cncc(F)c1. The number of nitrogens with zero attached hydrogens (tertiary/aromatic N) is 3. The summed E-state index contributed by atoms with van der Waals surface area (Å²) in [5.41, 5.74) is 1.86. The van der Waals surface area contributed by atoms with E-state index in [9.17, 15) is 17.6 Å². The van der Waals surface area contributed by atoms with Gasteiger partial charge < -0.3 is 5.32 Å². The van der Waals surface area contributed by atoms with Crippen molar-refractivity contribution in [2.45, 2.75) is 26.3 Å². The lowest BCUT2D eigenvalue weighted by molar-refractivity contribution is 0.102. The van der Waals surface area contributed by atoms with Gasteiger partial charge in [-0.1, -0.05) is 0 Å². The Morgan fingerprint density at radius 3 is 2.75 bits per heavy atom. The van der Waals surface area contributed by atoms with Crippen molar-refractivity contribution in [1.82, 2.24) is 14.8 Å². The van der Waals surface area contributed by atoms with Gasteiger partial charge in [0, 0.05) is 6.20 Å². The Hall–Kier alpha value is -2.29. The maximum Gasteiger partial charge on any atom is 0.257 e. The number of carbonyl (C=O) groups is 1. The lowest BCUT2D eigenvalue weighted by atomic mass is 10.2. The molecule has 1 atom stereocenters. The summed E-state index contributed by atoms with van der Waals surface area (Å²) in [4.78, 5) is 15.9. The minimum atomic E-state index is -3.03. The third-order valence-electron chi connectivity index (χ3n) is 4.08. The molecule has 1 fully saturated rings. The molecular weight excluding hydrogens is 335 g/mol. The second-order valence-corrected chi connectivity index (χ2v) is 8.12. The third kappa shape index (κ3) is 3.16. The van der Waals surface area contributed by atoms with Crippen LogP contribution in [0.25, 0.3) is 0 Å². The highest BCUT2D eigenvalue weighted by Crippen LogP contribution is 2.29. The number of halogens is 1. The molecule has 2 aromatic rings. The number of rotatable bonds is 3. The molecule has 1 amide bonds. The lowest BCUT2D eigenvalue weighted by Gasteiger charge is -2.11. The lowest BCUT2D eigenvalue weighted by Crippen LogP contribution is -2.16. The maximum atomic E-state index is 13.2. The highest BCUT2D eigenvalue weighted by molar-refractivity contribution is 7.91. The molecule has 1 saturated heterocycles. The number of hydrogen-bond acceptors (Lipinski definition) is 5. The first-order valence-electron chi connectivity index (χ1n) is 7.45. The quantitative estimate of drug-likeness (QED) is 0.906. The summed E-state index contributed by atoms with van der Waals surface area (Å²) in [5, 5.41) is 7.08. The molecule has 0 saturated carbocycles. The first-order chi connectivity index (χ1) is 11.3. The van der Waals surface area contributed by atoms with Crippen LogP contribution in [0, 0.1) is 19.7 Å². The predicted octanol–water partition coefficient (Wildman–Crippen LogP) is 1.65. The Morgan fingerprint density at radius 2 is 2.12 bits per heavy atom. The first-order valence-corrected chi connectivity index (χ1v) is 9.27. The van der Waals surface area contributed by atoms with Crippen LogP contribution in [0.15, 0.2) is 18.5 Å². The third-order valence-corrected chi connectivity index (χ3v) is 5.84. The normalized spacial score (nSPS) is 19.4. The van der Waals surface area contributed by atoms with E-state index in [-0.39, 0.29) is 23.1 Å². The van der Waals surface area contributed by atoms with Gasteiger partial charge in [0.05, 0.1) is 46.4 Å². The summed E-state index contributed by atoms with van der Waals surface area (Å²) in [7, 11) is -3.03. The van der Waals surface area contributed by atoms with E-state index in [0.29, 0.717) is 23.5 Å². The molecule has 24 heavy (non-hydrogen) atoms. The Kier molecular flexibility index (Phi) is 4.12. The van der Waals surface area contributed by atoms with Gasteiger partial charge in [-0.2, -0.15) is 5.10 Å². The smallest absolute Gasteiger partial charge is 0.257 e. The summed E-state index contributed by atoms with van der Waals surface area (Å²) in [6.07, 6.45) is 2.80. The molecule has 0 bridgehead atoms. The zero-order valence-corrected chi connectivity index (χ0v) is 14.1. The van der Waals surface area contributed by atoms with Gasteiger partial charge in [0.15, 0.2) is 9.84 Å². The minimum absolute atomic E-state index is 0.0517. The van der Waals surface area contributed by atoms with Crippen LogP contribution in [0.2, 0.25) is 0 Å². The minimum Gasteiger partial charge on any atom is -0.319 e. The van der Waals surface area contributed by atoms with Crippen LogP contribution in [-0.4, -0.2) is 40.6 Å². The van der Waals surface area contributed by atoms with Crippen molar-refractivity contribution in [2.75, 3.05) is 16.8 Å². The molecule has 1 aliphatic heterocycles. The monoisotopic (exact) mass is 352 g/mol. The van der Waals surface area contributed by atoms with Crippen molar-refractivity contribution in [3.63, 3.8) is 0 Å². The van der Waals surface area contributed by atoms with Crippen LogP contribution in [-0.2, 0) is 9.84 Å². The average Bonchev–Trinajstić information content (AvgIpc) is 3.01. The fraction of sp³-hybridized carbons (Fsp3) is 0.400. The van der Waals surface area contributed by atoms with Gasteiger partial charge in [-0.05, 0) is 26.3 Å². The van der Waals surface area contributed by atoms with Gasteiger partial charge in [0.1, 0.15) is 5.82 Å². The zero-order valence-electron chi connectivity index (χ0n) is 13.3. The van der Waals surface area contributed by atoms with Crippen molar-refractivity contribution in [2.24, 2.45) is 0 Å². The summed E-state index contributed by atoms with van der Waals surface area (Å²) in [6.45, 7) is 3.50. The number of carbonyl (C=O) groups excluding carboxylic acids is 1. The molecule has 3 rings (SSSR count). The summed E-state index contributed by atoms with van der Waals surface area (Å²) in [6, 6.07) is 0.872. The topological polar surface area (TPSA) is 94.0 Å². The van der Waals surface area contributed by atoms with Crippen LogP contribution in [0.5, 0.6) is 0 Å². The molecule has 9 heteroatoms. The van der Waals surface area contributed by atoms with Crippen molar-refractivity contribution >= 4 is 21.4 Å². The predicted molar refractivity (Wildman–Crippen MR) is 86.2 cm³/mol. The molecular formula is C15H17FN4O3S. The molecule has 0 aliphatic carbocycles. The van der Waals surface area contributed by atoms with E-state index in [1.54, 1.807) is 18.5 Å². The van der Waals surface area contributed by atoms with E-state index in [2.05, 4.69) is 15.4 Å². The number of anilines is 1. The number of amides is 1. The second-order valence-electron chi connectivity index (χ2n) is 5.89. The van der Waals surface area contributed by atoms with E-state index >= 15 is 0 Å². The number of nitrogens with one attached hydrogen (secondary N) is 1. The van der Waals surface area contributed by atoms with E-state index in [0.717, 1.165) is 12.3 Å². The Morgan fingerprint density at radius 1 is 1.38 bits per heavy atom. The van der Waals surface area contributed by atoms with Crippen LogP contribution in [0.3, 0.4) is 0 Å². The number of aromatic nitrogens is 3. The average molecular weight is 352 g/mol.